The fourth-order valence-corrected chi connectivity index (χ4v) is 6.19. The minimum Gasteiger partial charge on any atom is -0.447 e. The molecule has 0 saturated heterocycles. The summed E-state index contributed by atoms with van der Waals surface area (Å²) >= 11 is 0. The number of alkyl carbamates (subject to hydrolysis) is 1. The molecule has 1 aromatic rings. The molecule has 4 N–H and O–H groups in total. The number of hydrogen-bond acceptors (Lipinski definition) is 17. The lowest BCUT2D eigenvalue weighted by molar-refractivity contribution is -0.181. The van der Waals surface area contributed by atoms with Crippen molar-refractivity contribution in [1.82, 2.24) is 24.9 Å². The summed E-state index contributed by atoms with van der Waals surface area (Å²) in [5.74, 6) is -1.76. The maximum atomic E-state index is 13.4. The third-order valence-corrected chi connectivity index (χ3v) is 10.2. The van der Waals surface area contributed by atoms with Crippen molar-refractivity contribution >= 4 is 57.3 Å². The number of imide groups is 1. The van der Waals surface area contributed by atoms with Gasteiger partial charge in [-0.3, -0.25) is 28.9 Å². The van der Waals surface area contributed by atoms with Gasteiger partial charge in [0.1, 0.15) is 19.0 Å². The fourth-order valence-electron chi connectivity index (χ4n) is 5.27. The smallest absolute Gasteiger partial charge is 0.407 e. The van der Waals surface area contributed by atoms with Gasteiger partial charge in [0.05, 0.1) is 96.5 Å². The van der Waals surface area contributed by atoms with Gasteiger partial charge >= 0.3 is 6.09 Å². The number of nitrogens with one attached hydrogen (secondary N) is 2. The topological polar surface area (TPSA) is 265 Å². The molecule has 0 aromatic heterocycles. The maximum absolute atomic E-state index is 13.4. The van der Waals surface area contributed by atoms with E-state index in [-0.39, 0.29) is 69.8 Å². The number of fused-ring (bicyclic) bond motifs is 1. The third kappa shape index (κ3) is 19.0. The zero-order chi connectivity index (χ0) is 45.2. The second-order valence-corrected chi connectivity index (χ2v) is 15.5. The Balaban J connectivity index is 1.11. The van der Waals surface area contributed by atoms with Gasteiger partial charge in [-0.25, -0.2) is 27.6 Å². The quantitative estimate of drug-likeness (QED) is 0.0478. The van der Waals surface area contributed by atoms with E-state index in [1.807, 2.05) is 6.92 Å². The molecule has 0 saturated carbocycles. The zero-order valence-corrected chi connectivity index (χ0v) is 36.3. The summed E-state index contributed by atoms with van der Waals surface area (Å²) in [7, 11) is -0.833. The highest BCUT2D eigenvalue weighted by Crippen LogP contribution is 2.30. The monoisotopic (exact) mass is 897 g/mol. The van der Waals surface area contributed by atoms with Crippen LogP contribution in [-0.2, 0) is 67.2 Å². The summed E-state index contributed by atoms with van der Waals surface area (Å²) in [6.45, 7) is 6.18. The zero-order valence-electron chi connectivity index (χ0n) is 35.5. The van der Waals surface area contributed by atoms with Crippen molar-refractivity contribution in [3.05, 3.63) is 41.5 Å². The molecule has 0 aliphatic carbocycles. The summed E-state index contributed by atoms with van der Waals surface area (Å²) in [6, 6.07) is 4.44. The Morgan fingerprint density at radius 3 is 1.85 bits per heavy atom. The molecule has 3 rings (SSSR count). The summed E-state index contributed by atoms with van der Waals surface area (Å²) in [6.07, 6.45) is 3.82. The summed E-state index contributed by atoms with van der Waals surface area (Å²) in [4.78, 5) is 71.2. The van der Waals surface area contributed by atoms with E-state index in [2.05, 4.69) is 15.6 Å². The van der Waals surface area contributed by atoms with Crippen LogP contribution in [-0.4, -0.2) is 191 Å². The van der Waals surface area contributed by atoms with Crippen molar-refractivity contribution in [2.75, 3.05) is 133 Å². The lowest BCUT2D eigenvalue weighted by Crippen LogP contribution is -2.41. The van der Waals surface area contributed by atoms with Crippen LogP contribution in [0.2, 0.25) is 0 Å². The van der Waals surface area contributed by atoms with Crippen LogP contribution in [0, 0.1) is 0 Å². The Morgan fingerprint density at radius 1 is 0.774 bits per heavy atom. The molecule has 346 valence electrons. The normalized spacial score (nSPS) is 13.8. The largest absolute Gasteiger partial charge is 0.447 e. The molecule has 23 heteroatoms. The fraction of sp³-hybridized carbons (Fsp3) is 0.590. The molecule has 0 fully saturated rings. The number of hydroxylamine groups is 2. The van der Waals surface area contributed by atoms with Crippen molar-refractivity contribution in [3.8, 4) is 0 Å². The van der Waals surface area contributed by atoms with E-state index in [0.29, 0.717) is 89.3 Å². The molecule has 2 heterocycles. The Morgan fingerprint density at radius 2 is 1.31 bits per heavy atom. The molecular weight excluding hydrogens is 839 g/mol. The average molecular weight is 898 g/mol. The third-order valence-electron chi connectivity index (χ3n) is 8.38. The van der Waals surface area contributed by atoms with Crippen molar-refractivity contribution in [2.45, 2.75) is 24.7 Å². The number of amidine groups is 1. The van der Waals surface area contributed by atoms with Crippen molar-refractivity contribution in [3.63, 3.8) is 0 Å². The van der Waals surface area contributed by atoms with E-state index in [0.717, 1.165) is 21.4 Å². The number of amides is 5. The first kappa shape index (κ1) is 51.5. The summed E-state index contributed by atoms with van der Waals surface area (Å²) in [5.41, 5.74) is 7.28. The minimum absolute atomic E-state index is 0.0125. The van der Waals surface area contributed by atoms with Crippen LogP contribution < -0.4 is 16.4 Å². The lowest BCUT2D eigenvalue weighted by Gasteiger charge is -2.22. The van der Waals surface area contributed by atoms with E-state index in [9.17, 15) is 32.4 Å². The van der Waals surface area contributed by atoms with Crippen molar-refractivity contribution < 1.29 is 70.4 Å². The molecule has 0 atom stereocenters. The molecule has 62 heavy (non-hydrogen) atoms. The summed E-state index contributed by atoms with van der Waals surface area (Å²) < 4.78 is 63.9. The van der Waals surface area contributed by atoms with Crippen LogP contribution in [0.25, 0.3) is 6.08 Å². The number of ether oxygens (including phenoxy) is 7. The molecule has 0 unspecified atom stereocenters. The van der Waals surface area contributed by atoms with Gasteiger partial charge in [-0.05, 0) is 24.6 Å². The van der Waals surface area contributed by atoms with Gasteiger partial charge in [-0.2, -0.15) is 0 Å². The lowest BCUT2D eigenvalue weighted by atomic mass is 10.1. The first-order valence-corrected chi connectivity index (χ1v) is 21.5. The molecule has 5 amide bonds. The highest BCUT2D eigenvalue weighted by molar-refractivity contribution is 7.89. The van der Waals surface area contributed by atoms with Gasteiger partial charge in [0, 0.05) is 63.4 Å². The molecule has 1 aromatic carbocycles. The molecule has 0 bridgehead atoms. The van der Waals surface area contributed by atoms with Gasteiger partial charge in [0.15, 0.2) is 0 Å². The number of hydrogen-bond donors (Lipinski definition) is 3. The molecule has 0 spiro atoms. The molecule has 0 radical (unpaired) electrons. The van der Waals surface area contributed by atoms with Crippen molar-refractivity contribution in [1.29, 1.82) is 0 Å². The first-order valence-electron chi connectivity index (χ1n) is 20.1. The Bertz CT molecular complexity index is 1810. The van der Waals surface area contributed by atoms with Crippen LogP contribution in [0.4, 0.5) is 10.5 Å². The number of benzene rings is 1. The maximum Gasteiger partial charge on any atom is 0.407 e. The average Bonchev–Trinajstić information content (AvgIpc) is 3.44. The van der Waals surface area contributed by atoms with Crippen LogP contribution in [0.3, 0.4) is 0 Å². The highest BCUT2D eigenvalue weighted by Gasteiger charge is 2.26. The first-order chi connectivity index (χ1) is 29.8. The second-order valence-electron chi connectivity index (χ2n) is 13.4. The van der Waals surface area contributed by atoms with Gasteiger partial charge < -0.3 is 49.5 Å². The Labute approximate surface area is 361 Å². The number of nitrogens with two attached hydrogens (primary N) is 1. The number of aliphatic imine (C=N–C) groups is 1. The summed E-state index contributed by atoms with van der Waals surface area (Å²) in [5, 5.41) is 6.33. The van der Waals surface area contributed by atoms with E-state index >= 15 is 0 Å². The molecule has 22 nitrogen and oxygen atoms in total. The Kier molecular flexibility index (Phi) is 23.8. The van der Waals surface area contributed by atoms with Crippen LogP contribution >= 0.6 is 0 Å². The predicted octanol–water partition coefficient (Wildman–Crippen LogP) is -0.250. The van der Waals surface area contributed by atoms with E-state index < -0.39 is 39.7 Å². The van der Waals surface area contributed by atoms with E-state index in [4.69, 9.17) is 43.7 Å². The van der Waals surface area contributed by atoms with Gasteiger partial charge in [0.25, 0.3) is 17.7 Å². The number of carbonyl (C=O) groups is 5. The van der Waals surface area contributed by atoms with Gasteiger partial charge in [-0.15, -0.1) is 0 Å². The number of rotatable bonds is 32. The van der Waals surface area contributed by atoms with Crippen molar-refractivity contribution in [2.24, 2.45) is 10.7 Å². The minimum atomic E-state index is -3.70. The SMILES string of the molecule is CCCN(OCCNC(=O)OCCOCCOCCOCCOCCOCCOCCNC(=O)CN1C(=O)C=CC1=O)C(=O)C1=Cc2ccc(S(=O)(=O)N(C)C)cc2N=C(N)C1. The van der Waals surface area contributed by atoms with Gasteiger partial charge in [0.2, 0.25) is 15.9 Å². The van der Waals surface area contributed by atoms with E-state index in [1.165, 1.54) is 31.3 Å². The Hall–Kier alpha value is -4.85. The predicted molar refractivity (Wildman–Crippen MR) is 222 cm³/mol. The van der Waals surface area contributed by atoms with Crippen LogP contribution in [0.1, 0.15) is 25.3 Å². The standard InChI is InChI=1S/C39H59N7O15S/c1-4-11-46(38(50)31-26-30-5-6-32(62(52,53)44(2)3)28-33(30)43-34(40)27-31)61-13-10-42-39(51)60-25-24-59-23-22-58-21-20-57-19-18-56-17-16-55-15-14-54-12-9-41-35(47)29-45-36(48)7-8-37(45)49/h5-8,26,28H,4,9-25,27,29H2,1-3H3,(H2,40,43)(H,41,47)(H,42,51). The molecular formula is C39H59N7O15S. The van der Waals surface area contributed by atoms with Gasteiger partial charge in [-0.1, -0.05) is 13.0 Å². The van der Waals surface area contributed by atoms with Crippen LogP contribution in [0.15, 0.2) is 45.8 Å². The van der Waals surface area contributed by atoms with Crippen LogP contribution in [0.5, 0.6) is 0 Å². The molecule has 2 aliphatic heterocycles. The second kappa shape index (κ2) is 28.7. The highest BCUT2D eigenvalue weighted by atomic mass is 32.2. The number of sulfonamides is 1. The molecule has 2 aliphatic rings. The number of nitrogens with zero attached hydrogens (tertiary/aromatic N) is 4. The number of carbonyl (C=O) groups excluding carboxylic acids is 5. The van der Waals surface area contributed by atoms with E-state index in [1.54, 1.807) is 12.1 Å².